The highest BCUT2D eigenvalue weighted by Gasteiger charge is 2.11. The van der Waals surface area contributed by atoms with Crippen LogP contribution in [0.15, 0.2) is 28.9 Å². The fourth-order valence-corrected chi connectivity index (χ4v) is 2.70. The van der Waals surface area contributed by atoms with Crippen molar-refractivity contribution in [1.82, 2.24) is 10.3 Å². The number of carbonyl (C=O) groups excluding carboxylic acids is 1. The van der Waals surface area contributed by atoms with E-state index in [0.29, 0.717) is 20.9 Å². The van der Waals surface area contributed by atoms with E-state index in [9.17, 15) is 4.79 Å². The molecule has 0 spiro atoms. The van der Waals surface area contributed by atoms with Crippen LogP contribution in [0.5, 0.6) is 0 Å². The van der Waals surface area contributed by atoms with E-state index in [1.807, 2.05) is 6.07 Å². The minimum absolute atomic E-state index is 0.208. The van der Waals surface area contributed by atoms with Crippen LogP contribution in [0.25, 0.3) is 0 Å². The zero-order chi connectivity index (χ0) is 13.1. The molecule has 18 heavy (non-hydrogen) atoms. The Bertz CT molecular complexity index is 587. The van der Waals surface area contributed by atoms with Crippen LogP contribution in [-0.2, 0) is 6.54 Å². The molecule has 4 nitrogen and oxygen atoms in total. The molecule has 0 unspecified atom stereocenters. The minimum Gasteiger partial charge on any atom is -0.383 e. The van der Waals surface area contributed by atoms with Crippen molar-refractivity contribution < 1.29 is 4.79 Å². The normalized spacial score (nSPS) is 10.3. The predicted molar refractivity (Wildman–Crippen MR) is 76.8 cm³/mol. The Kier molecular flexibility index (Phi) is 4.21. The van der Waals surface area contributed by atoms with Crippen LogP contribution in [0.3, 0.4) is 0 Å². The summed E-state index contributed by atoms with van der Waals surface area (Å²) in [5.74, 6) is -0.0502. The Hall–Kier alpha value is -1.11. The number of pyridine rings is 1. The Morgan fingerprint density at radius 2 is 2.33 bits per heavy atom. The summed E-state index contributed by atoms with van der Waals surface area (Å²) in [5, 5.41) is 2.77. The van der Waals surface area contributed by atoms with Crippen molar-refractivity contribution in [3.05, 3.63) is 43.6 Å². The van der Waals surface area contributed by atoms with E-state index < -0.39 is 0 Å². The van der Waals surface area contributed by atoms with E-state index in [-0.39, 0.29) is 11.7 Å². The van der Waals surface area contributed by atoms with Crippen LogP contribution in [0, 0.1) is 0 Å². The maximum atomic E-state index is 11.9. The zero-order valence-electron chi connectivity index (χ0n) is 9.11. The molecule has 2 rings (SSSR count). The molecule has 94 valence electrons. The number of nitrogen functional groups attached to an aromatic ring is 1. The molecule has 2 heterocycles. The van der Waals surface area contributed by atoms with Gasteiger partial charge < -0.3 is 11.1 Å². The molecule has 2 aromatic heterocycles. The first-order valence-electron chi connectivity index (χ1n) is 4.99. The number of rotatable bonds is 3. The number of amides is 1. The van der Waals surface area contributed by atoms with Gasteiger partial charge in [0.1, 0.15) is 5.82 Å². The van der Waals surface area contributed by atoms with E-state index in [1.54, 1.807) is 18.3 Å². The second-order valence-corrected chi connectivity index (χ2v) is 6.19. The summed E-state index contributed by atoms with van der Waals surface area (Å²) < 4.78 is 1.41. The Morgan fingerprint density at radius 1 is 1.56 bits per heavy atom. The summed E-state index contributed by atoms with van der Waals surface area (Å²) in [7, 11) is 0. The number of hydrogen-bond acceptors (Lipinski definition) is 4. The lowest BCUT2D eigenvalue weighted by Crippen LogP contribution is -2.23. The Labute approximate surface area is 121 Å². The maximum absolute atomic E-state index is 11.9. The smallest absolute Gasteiger partial charge is 0.255 e. The zero-order valence-corrected chi connectivity index (χ0v) is 12.3. The first-order chi connectivity index (χ1) is 8.56. The lowest BCUT2D eigenvalue weighted by molar-refractivity contribution is 0.0952. The van der Waals surface area contributed by atoms with Gasteiger partial charge >= 0.3 is 0 Å². The van der Waals surface area contributed by atoms with Crippen molar-refractivity contribution in [2.75, 3.05) is 5.73 Å². The lowest BCUT2D eigenvalue weighted by atomic mass is 10.2. The highest BCUT2D eigenvalue weighted by Crippen LogP contribution is 2.21. The number of nitrogens with one attached hydrogen (secondary N) is 1. The first-order valence-corrected chi connectivity index (χ1v) is 6.98. The first kappa shape index (κ1) is 13.3. The standard InChI is InChI=1S/C11H9BrClN3OS/c12-6-3-8(10(14)15-4-6)11(17)16-5-7-1-2-9(13)18-7/h1-4H,5H2,(H2,14,15)(H,16,17). The Morgan fingerprint density at radius 3 is 3.00 bits per heavy atom. The van der Waals surface area contributed by atoms with Crippen LogP contribution in [0.4, 0.5) is 5.82 Å². The molecule has 0 saturated heterocycles. The molecule has 0 bridgehead atoms. The van der Waals surface area contributed by atoms with Gasteiger partial charge in [-0.1, -0.05) is 11.6 Å². The molecule has 0 aliphatic rings. The van der Waals surface area contributed by atoms with Crippen molar-refractivity contribution in [3.63, 3.8) is 0 Å². The number of hydrogen-bond donors (Lipinski definition) is 2. The molecular formula is C11H9BrClN3OS. The molecular weight excluding hydrogens is 338 g/mol. The highest BCUT2D eigenvalue weighted by molar-refractivity contribution is 9.10. The molecule has 0 aromatic carbocycles. The van der Waals surface area contributed by atoms with Gasteiger partial charge in [-0.25, -0.2) is 4.98 Å². The molecule has 0 aliphatic heterocycles. The summed E-state index contributed by atoms with van der Waals surface area (Å²) in [6.45, 7) is 0.419. The summed E-state index contributed by atoms with van der Waals surface area (Å²) >= 11 is 10.5. The minimum atomic E-state index is -0.258. The van der Waals surface area contributed by atoms with Crippen molar-refractivity contribution >= 4 is 50.6 Å². The second kappa shape index (κ2) is 5.69. The van der Waals surface area contributed by atoms with Gasteiger partial charge in [-0.05, 0) is 34.1 Å². The van der Waals surface area contributed by atoms with Crippen molar-refractivity contribution in [2.45, 2.75) is 6.54 Å². The molecule has 0 fully saturated rings. The van der Waals surface area contributed by atoms with Gasteiger partial charge in [0, 0.05) is 15.5 Å². The fourth-order valence-electron chi connectivity index (χ4n) is 1.34. The fraction of sp³-hybridized carbons (Fsp3) is 0.0909. The molecule has 0 atom stereocenters. The quantitative estimate of drug-likeness (QED) is 0.897. The van der Waals surface area contributed by atoms with Gasteiger partial charge in [-0.3, -0.25) is 4.79 Å². The third-order valence-electron chi connectivity index (χ3n) is 2.18. The number of halogens is 2. The lowest BCUT2D eigenvalue weighted by Gasteiger charge is -2.06. The van der Waals surface area contributed by atoms with Crippen LogP contribution in [0.1, 0.15) is 15.2 Å². The Balaban J connectivity index is 2.05. The number of thiophene rings is 1. The van der Waals surface area contributed by atoms with Crippen LogP contribution >= 0.6 is 38.9 Å². The molecule has 0 radical (unpaired) electrons. The molecule has 3 N–H and O–H groups in total. The second-order valence-electron chi connectivity index (χ2n) is 3.47. The van der Waals surface area contributed by atoms with E-state index in [0.717, 1.165) is 4.88 Å². The maximum Gasteiger partial charge on any atom is 0.255 e. The van der Waals surface area contributed by atoms with E-state index in [2.05, 4.69) is 26.2 Å². The van der Waals surface area contributed by atoms with Crippen LogP contribution in [0.2, 0.25) is 4.34 Å². The van der Waals surface area contributed by atoms with E-state index >= 15 is 0 Å². The van der Waals surface area contributed by atoms with E-state index in [4.69, 9.17) is 17.3 Å². The molecule has 2 aromatic rings. The average molecular weight is 347 g/mol. The van der Waals surface area contributed by atoms with Gasteiger partial charge in [0.05, 0.1) is 16.4 Å². The number of aromatic nitrogens is 1. The summed E-state index contributed by atoms with van der Waals surface area (Å²) in [5.41, 5.74) is 6.01. The van der Waals surface area contributed by atoms with Gasteiger partial charge in [-0.2, -0.15) is 0 Å². The molecule has 7 heteroatoms. The van der Waals surface area contributed by atoms with Crippen LogP contribution < -0.4 is 11.1 Å². The van der Waals surface area contributed by atoms with Gasteiger partial charge in [-0.15, -0.1) is 11.3 Å². The van der Waals surface area contributed by atoms with Crippen molar-refractivity contribution in [1.29, 1.82) is 0 Å². The van der Waals surface area contributed by atoms with Crippen molar-refractivity contribution in [3.8, 4) is 0 Å². The number of carbonyl (C=O) groups is 1. The number of nitrogens with zero attached hydrogens (tertiary/aromatic N) is 1. The van der Waals surface area contributed by atoms with Crippen LogP contribution in [-0.4, -0.2) is 10.9 Å². The summed E-state index contributed by atoms with van der Waals surface area (Å²) in [4.78, 5) is 16.8. The van der Waals surface area contributed by atoms with Gasteiger partial charge in [0.2, 0.25) is 0 Å². The monoisotopic (exact) mass is 345 g/mol. The third kappa shape index (κ3) is 3.22. The highest BCUT2D eigenvalue weighted by atomic mass is 79.9. The largest absolute Gasteiger partial charge is 0.383 e. The predicted octanol–water partition coefficient (Wildman–Crippen LogP) is 3.07. The third-order valence-corrected chi connectivity index (χ3v) is 3.85. The topological polar surface area (TPSA) is 68.0 Å². The number of anilines is 1. The summed E-state index contributed by atoms with van der Waals surface area (Å²) in [6.07, 6.45) is 1.55. The van der Waals surface area contributed by atoms with Gasteiger partial charge in [0.25, 0.3) is 5.91 Å². The summed E-state index contributed by atoms with van der Waals surface area (Å²) in [6, 6.07) is 5.30. The van der Waals surface area contributed by atoms with Crippen molar-refractivity contribution in [2.24, 2.45) is 0 Å². The van der Waals surface area contributed by atoms with Gasteiger partial charge in [0.15, 0.2) is 0 Å². The van der Waals surface area contributed by atoms with E-state index in [1.165, 1.54) is 11.3 Å². The molecule has 1 amide bonds. The molecule has 0 saturated carbocycles. The molecule has 0 aliphatic carbocycles. The number of nitrogens with two attached hydrogens (primary N) is 1. The SMILES string of the molecule is Nc1ncc(Br)cc1C(=O)NCc1ccc(Cl)s1. The average Bonchev–Trinajstić information content (AvgIpc) is 2.75.